The molecule has 10 heteroatoms. The number of carbonyl (C=O) groups is 2. The van der Waals surface area contributed by atoms with Crippen LogP contribution in [0, 0.1) is 0 Å². The van der Waals surface area contributed by atoms with Crippen LogP contribution in [0.1, 0.15) is 11.1 Å². The average Bonchev–Trinajstić information content (AvgIpc) is 2.84. The van der Waals surface area contributed by atoms with Gasteiger partial charge in [0.2, 0.25) is 10.0 Å². The van der Waals surface area contributed by atoms with E-state index in [-0.39, 0.29) is 18.0 Å². The van der Waals surface area contributed by atoms with Crippen molar-refractivity contribution < 1.29 is 32.2 Å². The van der Waals surface area contributed by atoms with Gasteiger partial charge in [-0.1, -0.05) is 42.5 Å². The Kier molecular flexibility index (Phi) is 8.60. The fourth-order valence-corrected chi connectivity index (χ4v) is 3.27. The first-order chi connectivity index (χ1) is 16.3. The summed E-state index contributed by atoms with van der Waals surface area (Å²) in [6.07, 6.45) is 0. The quantitative estimate of drug-likeness (QED) is 0.398. The van der Waals surface area contributed by atoms with Gasteiger partial charge in [-0.25, -0.2) is 18.4 Å². The first-order valence-corrected chi connectivity index (χ1v) is 11.8. The molecule has 3 aromatic carbocycles. The molecule has 1 amide bonds. The molecule has 0 spiro atoms. The number of sulfonamides is 1. The lowest BCUT2D eigenvalue weighted by Crippen LogP contribution is -2.29. The fourth-order valence-electron chi connectivity index (χ4n) is 2.75. The summed E-state index contributed by atoms with van der Waals surface area (Å²) in [5.41, 5.74) is 1.71. The summed E-state index contributed by atoms with van der Waals surface area (Å²) in [5.74, 6) is -0.0907. The van der Waals surface area contributed by atoms with Gasteiger partial charge < -0.3 is 19.5 Å². The smallest absolute Gasteiger partial charge is 0.344 e. The zero-order chi connectivity index (χ0) is 24.4. The molecule has 3 rings (SSSR count). The van der Waals surface area contributed by atoms with Gasteiger partial charge in [0.25, 0.3) is 5.91 Å². The lowest BCUT2D eigenvalue weighted by molar-refractivity contribution is -0.150. The van der Waals surface area contributed by atoms with Crippen LogP contribution in [0.25, 0.3) is 0 Å². The topological polar surface area (TPSA) is 134 Å². The van der Waals surface area contributed by atoms with E-state index in [1.165, 1.54) is 24.3 Å². The minimum absolute atomic E-state index is 0.0224. The lowest BCUT2D eigenvalue weighted by atomic mass is 10.2. The third-order valence-corrected chi connectivity index (χ3v) is 5.46. The molecule has 0 saturated heterocycles. The molecule has 0 radical (unpaired) electrons. The molecule has 0 aliphatic carbocycles. The third kappa shape index (κ3) is 8.23. The maximum Gasteiger partial charge on any atom is 0.344 e. The second-order valence-corrected chi connectivity index (χ2v) is 8.72. The van der Waals surface area contributed by atoms with Gasteiger partial charge in [0.05, 0.1) is 4.90 Å². The zero-order valence-corrected chi connectivity index (χ0v) is 19.0. The highest BCUT2D eigenvalue weighted by Crippen LogP contribution is 2.18. The van der Waals surface area contributed by atoms with Crippen LogP contribution in [-0.2, 0) is 37.5 Å². The summed E-state index contributed by atoms with van der Waals surface area (Å²) in [7, 11) is -3.77. The molecule has 0 saturated carbocycles. The molecule has 178 valence electrons. The van der Waals surface area contributed by atoms with Crippen LogP contribution < -0.4 is 19.9 Å². The van der Waals surface area contributed by atoms with E-state index in [0.29, 0.717) is 23.7 Å². The molecule has 3 N–H and O–H groups in total. The van der Waals surface area contributed by atoms with Gasteiger partial charge >= 0.3 is 5.97 Å². The van der Waals surface area contributed by atoms with Crippen molar-refractivity contribution in [2.45, 2.75) is 18.0 Å². The number of hydrogen-bond donors (Lipinski definition) is 2. The predicted molar refractivity (Wildman–Crippen MR) is 123 cm³/mol. The second-order valence-electron chi connectivity index (χ2n) is 7.16. The minimum atomic E-state index is -3.77. The highest BCUT2D eigenvalue weighted by Gasteiger charge is 2.10. The Morgan fingerprint density at radius 1 is 0.765 bits per heavy atom. The standard InChI is InChI=1S/C24H24N2O7S/c25-34(29,30)22-12-6-18(7-13-22)14-26-23(27)16-33-24(28)17-32-21-10-8-20(9-11-21)31-15-19-4-2-1-3-5-19/h1-13H,14-17H2,(H,26,27)(H2,25,29,30). The SMILES string of the molecule is NS(=O)(=O)c1ccc(CNC(=O)COC(=O)COc2ccc(OCc3ccccc3)cc2)cc1. The van der Waals surface area contributed by atoms with E-state index in [1.807, 2.05) is 30.3 Å². The molecule has 0 aromatic heterocycles. The Labute approximate surface area is 197 Å². The van der Waals surface area contributed by atoms with Gasteiger partial charge in [-0.3, -0.25) is 4.79 Å². The summed E-state index contributed by atoms with van der Waals surface area (Å²) < 4.78 is 38.4. The Bertz CT molecular complexity index is 1200. The predicted octanol–water partition coefficient (Wildman–Crippen LogP) is 2.15. The number of primary sulfonamides is 1. The van der Waals surface area contributed by atoms with Crippen LogP contribution >= 0.6 is 0 Å². The molecule has 0 atom stereocenters. The van der Waals surface area contributed by atoms with Gasteiger partial charge in [0.1, 0.15) is 18.1 Å². The number of benzene rings is 3. The molecule has 3 aromatic rings. The van der Waals surface area contributed by atoms with E-state index in [0.717, 1.165) is 5.56 Å². The van der Waals surface area contributed by atoms with Crippen molar-refractivity contribution in [1.29, 1.82) is 0 Å². The Morgan fingerprint density at radius 3 is 2.00 bits per heavy atom. The summed E-state index contributed by atoms with van der Waals surface area (Å²) in [4.78, 5) is 23.7. The first kappa shape index (κ1) is 24.7. The van der Waals surface area contributed by atoms with Crippen molar-refractivity contribution in [3.05, 3.63) is 90.0 Å². The summed E-state index contributed by atoms with van der Waals surface area (Å²) >= 11 is 0. The second kappa shape index (κ2) is 11.8. The summed E-state index contributed by atoms with van der Waals surface area (Å²) in [6, 6.07) is 22.3. The van der Waals surface area contributed by atoms with Gasteiger partial charge in [-0.05, 0) is 47.5 Å². The first-order valence-electron chi connectivity index (χ1n) is 10.2. The maximum atomic E-state index is 11.9. The molecule has 34 heavy (non-hydrogen) atoms. The zero-order valence-electron chi connectivity index (χ0n) is 18.2. The summed E-state index contributed by atoms with van der Waals surface area (Å²) in [6.45, 7) is -0.247. The fraction of sp³-hybridized carbons (Fsp3) is 0.167. The number of nitrogens with two attached hydrogens (primary N) is 1. The molecular formula is C24H24N2O7S. The van der Waals surface area contributed by atoms with Crippen LogP contribution in [0.4, 0.5) is 0 Å². The largest absolute Gasteiger partial charge is 0.489 e. The minimum Gasteiger partial charge on any atom is -0.489 e. The van der Waals surface area contributed by atoms with Crippen LogP contribution in [0.3, 0.4) is 0 Å². The van der Waals surface area contributed by atoms with Crippen LogP contribution in [-0.4, -0.2) is 33.5 Å². The highest BCUT2D eigenvalue weighted by molar-refractivity contribution is 7.89. The Balaban J connectivity index is 1.33. The number of amides is 1. The van der Waals surface area contributed by atoms with Crippen molar-refractivity contribution in [1.82, 2.24) is 5.32 Å². The van der Waals surface area contributed by atoms with Crippen molar-refractivity contribution in [2.75, 3.05) is 13.2 Å². The molecule has 0 aliphatic rings. The number of esters is 1. The molecule has 0 bridgehead atoms. The Morgan fingerprint density at radius 2 is 1.38 bits per heavy atom. The van der Waals surface area contributed by atoms with E-state index in [1.54, 1.807) is 24.3 Å². The van der Waals surface area contributed by atoms with E-state index in [9.17, 15) is 18.0 Å². The normalized spacial score (nSPS) is 10.9. The van der Waals surface area contributed by atoms with E-state index in [4.69, 9.17) is 19.3 Å². The van der Waals surface area contributed by atoms with E-state index in [2.05, 4.69) is 5.32 Å². The number of carbonyl (C=O) groups excluding carboxylic acids is 2. The van der Waals surface area contributed by atoms with Crippen LogP contribution in [0.15, 0.2) is 83.8 Å². The van der Waals surface area contributed by atoms with Crippen molar-refractivity contribution in [3.8, 4) is 11.5 Å². The van der Waals surface area contributed by atoms with Crippen molar-refractivity contribution >= 4 is 21.9 Å². The molecule has 9 nitrogen and oxygen atoms in total. The van der Waals surface area contributed by atoms with Gasteiger partial charge in [-0.15, -0.1) is 0 Å². The van der Waals surface area contributed by atoms with Gasteiger partial charge in [-0.2, -0.15) is 0 Å². The monoisotopic (exact) mass is 484 g/mol. The number of rotatable bonds is 11. The van der Waals surface area contributed by atoms with Crippen LogP contribution in [0.5, 0.6) is 11.5 Å². The van der Waals surface area contributed by atoms with Crippen molar-refractivity contribution in [3.63, 3.8) is 0 Å². The number of ether oxygens (including phenoxy) is 3. The number of nitrogens with one attached hydrogen (secondary N) is 1. The maximum absolute atomic E-state index is 11.9. The van der Waals surface area contributed by atoms with Gasteiger partial charge in [0.15, 0.2) is 13.2 Å². The molecule has 0 fully saturated rings. The van der Waals surface area contributed by atoms with E-state index >= 15 is 0 Å². The Hall–Kier alpha value is -3.89. The van der Waals surface area contributed by atoms with E-state index < -0.39 is 28.5 Å². The average molecular weight is 485 g/mol. The number of hydrogen-bond acceptors (Lipinski definition) is 7. The molecular weight excluding hydrogens is 460 g/mol. The lowest BCUT2D eigenvalue weighted by Gasteiger charge is -2.09. The summed E-state index contributed by atoms with van der Waals surface area (Å²) in [5, 5.41) is 7.60. The van der Waals surface area contributed by atoms with Crippen molar-refractivity contribution in [2.24, 2.45) is 5.14 Å². The molecule has 0 unspecified atom stereocenters. The highest BCUT2D eigenvalue weighted by atomic mass is 32.2. The van der Waals surface area contributed by atoms with Crippen LogP contribution in [0.2, 0.25) is 0 Å². The third-order valence-electron chi connectivity index (χ3n) is 4.53. The van der Waals surface area contributed by atoms with Gasteiger partial charge in [0, 0.05) is 6.54 Å². The molecule has 0 heterocycles. The molecule has 0 aliphatic heterocycles.